The molecule has 0 bridgehead atoms. The molecular weight excluding hydrogens is 440 g/mol. The predicted molar refractivity (Wildman–Crippen MR) is 112 cm³/mol. The highest BCUT2D eigenvalue weighted by atomic mass is 32.2. The third kappa shape index (κ3) is 5.17. The lowest BCUT2D eigenvalue weighted by Gasteiger charge is -2.06. The number of carbonyl (C=O) groups excluding carboxylic acids is 1. The molecule has 0 aliphatic rings. The number of nitrogens with one attached hydrogen (secondary N) is 1. The van der Waals surface area contributed by atoms with E-state index in [4.69, 9.17) is 8.94 Å². The average molecular weight is 457 g/mol. The van der Waals surface area contributed by atoms with Gasteiger partial charge in [-0.2, -0.15) is 4.98 Å². The number of carbonyl (C=O) groups is 1. The van der Waals surface area contributed by atoms with Gasteiger partial charge in [-0.15, -0.1) is 10.2 Å². The van der Waals surface area contributed by atoms with Crippen LogP contribution in [0.1, 0.15) is 23.7 Å². The summed E-state index contributed by atoms with van der Waals surface area (Å²) in [6.07, 6.45) is 0.0452. The van der Waals surface area contributed by atoms with E-state index < -0.39 is 23.2 Å². The molecule has 1 N–H and O–H groups in total. The Kier molecular flexibility index (Phi) is 6.55. The van der Waals surface area contributed by atoms with Crippen LogP contribution in [0.2, 0.25) is 0 Å². The Morgan fingerprint density at radius 2 is 1.88 bits per heavy atom. The quantitative estimate of drug-likeness (QED) is 0.384. The van der Waals surface area contributed by atoms with Gasteiger partial charge in [0.05, 0.1) is 5.75 Å². The molecular formula is C21H17F2N5O3S. The SMILES string of the molecule is Cc1ccccc1-c1nnc(SCc2noc(CCC(=O)Nc3c(F)cccc3F)n2)o1. The number of amides is 1. The van der Waals surface area contributed by atoms with Gasteiger partial charge in [-0.05, 0) is 30.7 Å². The Balaban J connectivity index is 1.28. The van der Waals surface area contributed by atoms with Crippen molar-refractivity contribution in [2.45, 2.75) is 30.7 Å². The normalized spacial score (nSPS) is 11.0. The molecule has 0 aliphatic heterocycles. The van der Waals surface area contributed by atoms with E-state index in [0.717, 1.165) is 23.3 Å². The van der Waals surface area contributed by atoms with E-state index in [-0.39, 0.29) is 18.7 Å². The highest BCUT2D eigenvalue weighted by Gasteiger charge is 2.15. The Bertz CT molecular complexity index is 1220. The second-order valence-corrected chi connectivity index (χ2v) is 7.65. The molecule has 164 valence electrons. The molecule has 11 heteroatoms. The number of thioether (sulfide) groups is 1. The van der Waals surface area contributed by atoms with Gasteiger partial charge < -0.3 is 14.3 Å². The second kappa shape index (κ2) is 9.69. The first-order chi connectivity index (χ1) is 15.5. The lowest BCUT2D eigenvalue weighted by Crippen LogP contribution is -2.14. The molecule has 4 aromatic rings. The molecule has 8 nitrogen and oxygen atoms in total. The summed E-state index contributed by atoms with van der Waals surface area (Å²) in [6.45, 7) is 1.96. The number of anilines is 1. The molecule has 1 amide bonds. The van der Waals surface area contributed by atoms with Gasteiger partial charge in [-0.25, -0.2) is 8.78 Å². The summed E-state index contributed by atoms with van der Waals surface area (Å²) in [7, 11) is 0. The maximum atomic E-state index is 13.6. The Labute approximate surface area is 185 Å². The van der Waals surface area contributed by atoms with Gasteiger partial charge in [0.2, 0.25) is 17.7 Å². The zero-order valence-corrected chi connectivity index (χ0v) is 17.7. The van der Waals surface area contributed by atoms with Crippen molar-refractivity contribution in [2.24, 2.45) is 0 Å². The summed E-state index contributed by atoms with van der Waals surface area (Å²) in [5, 5.41) is 14.5. The van der Waals surface area contributed by atoms with Gasteiger partial charge in [0, 0.05) is 18.4 Å². The Morgan fingerprint density at radius 1 is 1.09 bits per heavy atom. The molecule has 0 spiro atoms. The molecule has 0 unspecified atom stereocenters. The van der Waals surface area contributed by atoms with E-state index in [1.54, 1.807) is 0 Å². The number of benzene rings is 2. The standard InChI is InChI=1S/C21H17F2N5O3S/c1-12-5-2-3-6-13(12)20-26-27-21(30-20)32-11-16-24-18(31-28-16)10-9-17(29)25-19-14(22)7-4-8-15(19)23/h2-8H,9-11H2,1H3,(H,25,29). The van der Waals surface area contributed by atoms with Gasteiger partial charge in [0.1, 0.15) is 17.3 Å². The van der Waals surface area contributed by atoms with Crippen molar-refractivity contribution in [3.8, 4) is 11.5 Å². The van der Waals surface area contributed by atoms with Crippen LogP contribution in [0.25, 0.3) is 11.5 Å². The van der Waals surface area contributed by atoms with Crippen LogP contribution in [0.4, 0.5) is 14.5 Å². The zero-order chi connectivity index (χ0) is 22.5. The minimum atomic E-state index is -0.845. The van der Waals surface area contributed by atoms with Crippen LogP contribution in [0, 0.1) is 18.6 Å². The summed E-state index contributed by atoms with van der Waals surface area (Å²) in [6, 6.07) is 11.0. The van der Waals surface area contributed by atoms with Crippen LogP contribution in [0.15, 0.2) is 56.6 Å². The number of halogens is 2. The van der Waals surface area contributed by atoms with Gasteiger partial charge >= 0.3 is 0 Å². The Morgan fingerprint density at radius 3 is 2.66 bits per heavy atom. The molecule has 2 aromatic carbocycles. The van der Waals surface area contributed by atoms with E-state index in [2.05, 4.69) is 25.7 Å². The number of rotatable bonds is 8. The second-order valence-electron chi connectivity index (χ2n) is 6.73. The summed E-state index contributed by atoms with van der Waals surface area (Å²) < 4.78 is 38.0. The summed E-state index contributed by atoms with van der Waals surface area (Å²) in [5.74, 6) is -0.887. The fourth-order valence-corrected chi connectivity index (χ4v) is 3.41. The number of para-hydroxylation sites is 1. The third-order valence-electron chi connectivity index (χ3n) is 4.41. The van der Waals surface area contributed by atoms with Crippen LogP contribution in [0.5, 0.6) is 0 Å². The van der Waals surface area contributed by atoms with Crippen molar-refractivity contribution in [3.05, 3.63) is 71.4 Å². The van der Waals surface area contributed by atoms with Gasteiger partial charge in [-0.1, -0.05) is 41.2 Å². The predicted octanol–water partition coefficient (Wildman–Crippen LogP) is 4.57. The number of hydrogen-bond donors (Lipinski definition) is 1. The van der Waals surface area contributed by atoms with Gasteiger partial charge in [-0.3, -0.25) is 4.79 Å². The molecule has 2 heterocycles. The smallest absolute Gasteiger partial charge is 0.277 e. The molecule has 4 rings (SSSR count). The molecule has 0 fully saturated rings. The number of hydrogen-bond acceptors (Lipinski definition) is 8. The topological polar surface area (TPSA) is 107 Å². The first-order valence-electron chi connectivity index (χ1n) is 9.57. The highest BCUT2D eigenvalue weighted by molar-refractivity contribution is 7.98. The van der Waals surface area contributed by atoms with Crippen LogP contribution in [-0.2, 0) is 17.0 Å². The minimum Gasteiger partial charge on any atom is -0.411 e. The van der Waals surface area contributed by atoms with Crippen molar-refractivity contribution in [1.29, 1.82) is 0 Å². The Hall–Kier alpha value is -3.60. The molecule has 0 aliphatic carbocycles. The lowest BCUT2D eigenvalue weighted by molar-refractivity contribution is -0.116. The number of aromatic nitrogens is 4. The monoisotopic (exact) mass is 457 g/mol. The molecule has 0 saturated heterocycles. The summed E-state index contributed by atoms with van der Waals surface area (Å²) in [4.78, 5) is 16.2. The fourth-order valence-electron chi connectivity index (χ4n) is 2.81. The van der Waals surface area contributed by atoms with Crippen molar-refractivity contribution in [3.63, 3.8) is 0 Å². The minimum absolute atomic E-state index is 0.0774. The van der Waals surface area contributed by atoms with E-state index in [0.29, 0.717) is 22.7 Å². The fraction of sp³-hybridized carbons (Fsp3) is 0.190. The van der Waals surface area contributed by atoms with Gasteiger partial charge in [0.15, 0.2) is 5.82 Å². The van der Waals surface area contributed by atoms with Crippen LogP contribution >= 0.6 is 11.8 Å². The maximum absolute atomic E-state index is 13.6. The molecule has 0 radical (unpaired) electrons. The maximum Gasteiger partial charge on any atom is 0.277 e. The van der Waals surface area contributed by atoms with Crippen molar-refractivity contribution in [2.75, 3.05) is 5.32 Å². The van der Waals surface area contributed by atoms with E-state index in [9.17, 15) is 13.6 Å². The van der Waals surface area contributed by atoms with E-state index in [1.807, 2.05) is 31.2 Å². The van der Waals surface area contributed by atoms with Crippen LogP contribution in [0.3, 0.4) is 0 Å². The van der Waals surface area contributed by atoms with Crippen molar-refractivity contribution < 1.29 is 22.5 Å². The molecule has 2 aromatic heterocycles. The van der Waals surface area contributed by atoms with Crippen molar-refractivity contribution >= 4 is 23.4 Å². The average Bonchev–Trinajstić information content (AvgIpc) is 3.43. The molecule has 0 atom stereocenters. The zero-order valence-electron chi connectivity index (χ0n) is 16.8. The van der Waals surface area contributed by atoms with Crippen LogP contribution < -0.4 is 5.32 Å². The first-order valence-corrected chi connectivity index (χ1v) is 10.6. The van der Waals surface area contributed by atoms with Crippen molar-refractivity contribution in [1.82, 2.24) is 20.3 Å². The third-order valence-corrected chi connectivity index (χ3v) is 5.22. The molecule has 0 saturated carbocycles. The van der Waals surface area contributed by atoms with Crippen LogP contribution in [-0.4, -0.2) is 26.2 Å². The highest BCUT2D eigenvalue weighted by Crippen LogP contribution is 2.27. The van der Waals surface area contributed by atoms with E-state index >= 15 is 0 Å². The van der Waals surface area contributed by atoms with Gasteiger partial charge in [0.25, 0.3) is 5.22 Å². The first kappa shape index (κ1) is 21.6. The molecule has 32 heavy (non-hydrogen) atoms. The van der Waals surface area contributed by atoms with E-state index in [1.165, 1.54) is 17.8 Å². The summed E-state index contributed by atoms with van der Waals surface area (Å²) in [5.41, 5.74) is 1.41. The lowest BCUT2D eigenvalue weighted by atomic mass is 10.1. The largest absolute Gasteiger partial charge is 0.411 e. The number of nitrogens with zero attached hydrogens (tertiary/aromatic N) is 4. The summed E-state index contributed by atoms with van der Waals surface area (Å²) >= 11 is 1.25. The number of aryl methyl sites for hydroxylation is 2.